The molecule has 0 aliphatic heterocycles. The van der Waals surface area contributed by atoms with Gasteiger partial charge in [0.2, 0.25) is 0 Å². The van der Waals surface area contributed by atoms with Gasteiger partial charge in [-0.05, 0) is 32.8 Å². The van der Waals surface area contributed by atoms with E-state index < -0.39 is 0 Å². The van der Waals surface area contributed by atoms with E-state index in [1.807, 2.05) is 16.9 Å². The molecule has 2 atom stereocenters. The molecule has 0 aliphatic rings. The third kappa shape index (κ3) is 4.95. The zero-order valence-corrected chi connectivity index (χ0v) is 9.56. The van der Waals surface area contributed by atoms with E-state index in [-0.39, 0.29) is 6.61 Å². The van der Waals surface area contributed by atoms with Crippen LogP contribution in [-0.4, -0.2) is 33.6 Å². The fraction of sp³-hybridized carbons (Fsp3) is 0.727. The number of hydrogen-bond acceptors (Lipinski definition) is 3. The molecular formula is C11H21N3O. The van der Waals surface area contributed by atoms with Crippen molar-refractivity contribution in [2.75, 3.05) is 6.61 Å². The van der Waals surface area contributed by atoms with Gasteiger partial charge in [-0.1, -0.05) is 0 Å². The number of nitrogens with one attached hydrogen (secondary N) is 1. The molecule has 0 amide bonds. The number of hydrogen-bond donors (Lipinski definition) is 2. The van der Waals surface area contributed by atoms with E-state index >= 15 is 0 Å². The van der Waals surface area contributed by atoms with Crippen LogP contribution in [0.3, 0.4) is 0 Å². The van der Waals surface area contributed by atoms with Crippen molar-refractivity contribution in [3.8, 4) is 0 Å². The van der Waals surface area contributed by atoms with Crippen molar-refractivity contribution in [2.24, 2.45) is 0 Å². The lowest BCUT2D eigenvalue weighted by Crippen LogP contribution is -2.35. The highest BCUT2D eigenvalue weighted by Crippen LogP contribution is 1.98. The van der Waals surface area contributed by atoms with Gasteiger partial charge in [0.15, 0.2) is 0 Å². The summed E-state index contributed by atoms with van der Waals surface area (Å²) in [6.07, 6.45) is 5.64. The molecule has 15 heavy (non-hydrogen) atoms. The van der Waals surface area contributed by atoms with Crippen molar-refractivity contribution in [2.45, 2.75) is 45.3 Å². The minimum atomic E-state index is 0.250. The summed E-state index contributed by atoms with van der Waals surface area (Å²) < 4.78 is 1.94. The SMILES string of the molecule is CC(CCO)NC(C)CCn1cccn1. The fourth-order valence-corrected chi connectivity index (χ4v) is 1.60. The van der Waals surface area contributed by atoms with E-state index in [1.165, 1.54) is 0 Å². The molecule has 86 valence electrons. The van der Waals surface area contributed by atoms with Gasteiger partial charge in [-0.2, -0.15) is 5.10 Å². The lowest BCUT2D eigenvalue weighted by atomic mass is 10.2. The highest BCUT2D eigenvalue weighted by atomic mass is 16.3. The molecule has 0 aliphatic carbocycles. The number of aliphatic hydroxyl groups excluding tert-OH is 1. The van der Waals surface area contributed by atoms with Gasteiger partial charge < -0.3 is 10.4 Å². The molecule has 2 unspecified atom stereocenters. The van der Waals surface area contributed by atoms with Crippen LogP contribution < -0.4 is 5.32 Å². The molecule has 1 heterocycles. The molecule has 0 saturated heterocycles. The second kappa shape index (κ2) is 6.58. The summed E-state index contributed by atoms with van der Waals surface area (Å²) in [5.41, 5.74) is 0. The Bertz CT molecular complexity index is 248. The molecule has 1 aromatic rings. The smallest absolute Gasteiger partial charge is 0.0489 e. The normalized spacial score (nSPS) is 15.1. The Labute approximate surface area is 91.3 Å². The number of aryl methyl sites for hydroxylation is 1. The maximum Gasteiger partial charge on any atom is 0.0489 e. The van der Waals surface area contributed by atoms with Crippen LogP contribution in [0.15, 0.2) is 18.5 Å². The predicted octanol–water partition coefficient (Wildman–Crippen LogP) is 1.02. The highest BCUT2D eigenvalue weighted by Gasteiger charge is 2.06. The van der Waals surface area contributed by atoms with Crippen molar-refractivity contribution < 1.29 is 5.11 Å². The summed E-state index contributed by atoms with van der Waals surface area (Å²) in [5.74, 6) is 0. The number of rotatable bonds is 7. The minimum absolute atomic E-state index is 0.250. The topological polar surface area (TPSA) is 50.1 Å². The van der Waals surface area contributed by atoms with E-state index in [0.717, 1.165) is 19.4 Å². The molecule has 2 N–H and O–H groups in total. The van der Waals surface area contributed by atoms with E-state index in [4.69, 9.17) is 5.11 Å². The number of nitrogens with zero attached hydrogens (tertiary/aromatic N) is 2. The monoisotopic (exact) mass is 211 g/mol. The molecule has 0 saturated carbocycles. The summed E-state index contributed by atoms with van der Waals surface area (Å²) in [4.78, 5) is 0. The van der Waals surface area contributed by atoms with Crippen LogP contribution in [0.5, 0.6) is 0 Å². The zero-order valence-electron chi connectivity index (χ0n) is 9.56. The summed E-state index contributed by atoms with van der Waals surface area (Å²) in [6, 6.07) is 2.77. The standard InChI is InChI=1S/C11H21N3O/c1-10(13-11(2)5-9-15)4-8-14-7-3-6-12-14/h3,6-7,10-11,13,15H,4-5,8-9H2,1-2H3. The Kier molecular flexibility index (Phi) is 5.36. The molecule has 0 radical (unpaired) electrons. The number of aliphatic hydroxyl groups is 1. The van der Waals surface area contributed by atoms with Crippen LogP contribution in [0.25, 0.3) is 0 Å². The lowest BCUT2D eigenvalue weighted by Gasteiger charge is -2.19. The van der Waals surface area contributed by atoms with Crippen LogP contribution in [-0.2, 0) is 6.54 Å². The van der Waals surface area contributed by atoms with E-state index in [9.17, 15) is 0 Å². The van der Waals surface area contributed by atoms with Gasteiger partial charge in [0.05, 0.1) is 0 Å². The van der Waals surface area contributed by atoms with Crippen LogP contribution >= 0.6 is 0 Å². The first-order chi connectivity index (χ1) is 7.22. The Hall–Kier alpha value is -0.870. The Morgan fingerprint density at radius 1 is 1.33 bits per heavy atom. The fourth-order valence-electron chi connectivity index (χ4n) is 1.60. The van der Waals surface area contributed by atoms with Crippen LogP contribution in [0.1, 0.15) is 26.7 Å². The van der Waals surface area contributed by atoms with Gasteiger partial charge in [-0.15, -0.1) is 0 Å². The van der Waals surface area contributed by atoms with Crippen LogP contribution in [0, 0.1) is 0 Å². The Morgan fingerprint density at radius 2 is 2.07 bits per heavy atom. The average Bonchev–Trinajstić information content (AvgIpc) is 2.67. The first-order valence-electron chi connectivity index (χ1n) is 5.56. The van der Waals surface area contributed by atoms with Crippen molar-refractivity contribution in [1.82, 2.24) is 15.1 Å². The molecule has 0 spiro atoms. The van der Waals surface area contributed by atoms with E-state index in [2.05, 4.69) is 24.3 Å². The van der Waals surface area contributed by atoms with Crippen molar-refractivity contribution in [1.29, 1.82) is 0 Å². The summed E-state index contributed by atoms with van der Waals surface area (Å²) in [5, 5.41) is 16.4. The lowest BCUT2D eigenvalue weighted by molar-refractivity contribution is 0.262. The van der Waals surface area contributed by atoms with Crippen molar-refractivity contribution in [3.63, 3.8) is 0 Å². The molecular weight excluding hydrogens is 190 g/mol. The first kappa shape index (κ1) is 12.2. The molecule has 4 heteroatoms. The Morgan fingerprint density at radius 3 is 2.67 bits per heavy atom. The molecule has 1 rings (SSSR count). The van der Waals surface area contributed by atoms with E-state index in [0.29, 0.717) is 12.1 Å². The second-order valence-corrected chi connectivity index (χ2v) is 4.04. The van der Waals surface area contributed by atoms with Gasteiger partial charge in [0.25, 0.3) is 0 Å². The molecule has 0 aromatic carbocycles. The highest BCUT2D eigenvalue weighted by molar-refractivity contribution is 4.78. The van der Waals surface area contributed by atoms with Gasteiger partial charge in [-0.3, -0.25) is 4.68 Å². The predicted molar refractivity (Wildman–Crippen MR) is 60.6 cm³/mol. The maximum absolute atomic E-state index is 8.78. The van der Waals surface area contributed by atoms with Crippen LogP contribution in [0.2, 0.25) is 0 Å². The van der Waals surface area contributed by atoms with Gasteiger partial charge >= 0.3 is 0 Å². The number of aromatic nitrogens is 2. The molecule has 1 aromatic heterocycles. The van der Waals surface area contributed by atoms with E-state index in [1.54, 1.807) is 6.20 Å². The zero-order chi connectivity index (χ0) is 11.1. The summed E-state index contributed by atoms with van der Waals surface area (Å²) >= 11 is 0. The summed E-state index contributed by atoms with van der Waals surface area (Å²) in [7, 11) is 0. The van der Waals surface area contributed by atoms with Crippen molar-refractivity contribution >= 4 is 0 Å². The van der Waals surface area contributed by atoms with Gasteiger partial charge in [-0.25, -0.2) is 0 Å². The largest absolute Gasteiger partial charge is 0.396 e. The quantitative estimate of drug-likeness (QED) is 0.708. The van der Waals surface area contributed by atoms with Crippen molar-refractivity contribution in [3.05, 3.63) is 18.5 Å². The minimum Gasteiger partial charge on any atom is -0.396 e. The molecule has 0 bridgehead atoms. The van der Waals surface area contributed by atoms with Gasteiger partial charge in [0.1, 0.15) is 0 Å². The maximum atomic E-state index is 8.78. The van der Waals surface area contributed by atoms with Gasteiger partial charge in [0, 0.05) is 37.6 Å². The average molecular weight is 211 g/mol. The summed E-state index contributed by atoms with van der Waals surface area (Å²) in [6.45, 7) is 5.45. The molecule has 0 fully saturated rings. The second-order valence-electron chi connectivity index (χ2n) is 4.04. The third-order valence-corrected chi connectivity index (χ3v) is 2.48. The van der Waals surface area contributed by atoms with Crippen LogP contribution in [0.4, 0.5) is 0 Å². The third-order valence-electron chi connectivity index (χ3n) is 2.48. The first-order valence-corrected chi connectivity index (χ1v) is 5.56. The molecule has 4 nitrogen and oxygen atoms in total. The Balaban J connectivity index is 2.15.